The lowest BCUT2D eigenvalue weighted by Gasteiger charge is -2.29. The molecule has 1 amide bonds. The van der Waals surface area contributed by atoms with Gasteiger partial charge in [0.1, 0.15) is 0 Å². The maximum absolute atomic E-state index is 12.2. The summed E-state index contributed by atoms with van der Waals surface area (Å²) < 4.78 is 5.05. The molecule has 114 valence electrons. The number of carboxylic acids is 1. The molecule has 5 nitrogen and oxygen atoms in total. The third-order valence-corrected chi connectivity index (χ3v) is 4.12. The molecule has 1 aromatic carbocycles. The molecule has 0 bridgehead atoms. The third kappa shape index (κ3) is 2.93. The van der Waals surface area contributed by atoms with E-state index in [1.54, 1.807) is 12.0 Å². The summed E-state index contributed by atoms with van der Waals surface area (Å²) in [6.45, 7) is 4.73. The molecule has 0 aliphatic carbocycles. The average Bonchev–Trinajstić information content (AvgIpc) is 2.74. The van der Waals surface area contributed by atoms with E-state index < -0.39 is 17.9 Å². The summed E-state index contributed by atoms with van der Waals surface area (Å²) >= 11 is 0. The Bertz CT molecular complexity index is 535. The Kier molecular flexibility index (Phi) is 4.63. The Hall–Kier alpha value is -1.88. The van der Waals surface area contributed by atoms with Crippen LogP contribution in [0.4, 0.5) is 0 Å². The van der Waals surface area contributed by atoms with Crippen LogP contribution >= 0.6 is 0 Å². The lowest BCUT2D eigenvalue weighted by atomic mass is 9.88. The Labute approximate surface area is 124 Å². The molecular formula is C16H21NO4. The number of hydrogen-bond acceptors (Lipinski definition) is 3. The second kappa shape index (κ2) is 6.26. The van der Waals surface area contributed by atoms with Crippen LogP contribution in [0.3, 0.4) is 0 Å². The maximum atomic E-state index is 12.2. The minimum Gasteiger partial charge on any atom is -0.481 e. The van der Waals surface area contributed by atoms with Crippen molar-refractivity contribution in [1.82, 2.24) is 4.90 Å². The number of amides is 1. The molecule has 2 rings (SSSR count). The quantitative estimate of drug-likeness (QED) is 0.900. The van der Waals surface area contributed by atoms with Crippen LogP contribution < -0.4 is 0 Å². The van der Waals surface area contributed by atoms with Crippen molar-refractivity contribution < 1.29 is 19.4 Å². The first-order valence-corrected chi connectivity index (χ1v) is 7.04. The van der Waals surface area contributed by atoms with Crippen molar-refractivity contribution in [2.45, 2.75) is 26.3 Å². The lowest BCUT2D eigenvalue weighted by Crippen LogP contribution is -2.34. The van der Waals surface area contributed by atoms with Crippen LogP contribution in [-0.4, -0.2) is 42.1 Å². The number of likely N-dealkylation sites (tertiary alicyclic amines) is 1. The lowest BCUT2D eigenvalue weighted by molar-refractivity contribution is -0.142. The van der Waals surface area contributed by atoms with E-state index in [4.69, 9.17) is 4.74 Å². The molecule has 2 unspecified atom stereocenters. The van der Waals surface area contributed by atoms with Crippen molar-refractivity contribution in [3.63, 3.8) is 0 Å². The fourth-order valence-corrected chi connectivity index (χ4v) is 3.12. The van der Waals surface area contributed by atoms with Crippen molar-refractivity contribution in [2.24, 2.45) is 5.92 Å². The van der Waals surface area contributed by atoms with E-state index >= 15 is 0 Å². The van der Waals surface area contributed by atoms with E-state index in [0.29, 0.717) is 13.2 Å². The summed E-state index contributed by atoms with van der Waals surface area (Å²) in [5, 5.41) is 9.48. The van der Waals surface area contributed by atoms with Gasteiger partial charge in [-0.15, -0.1) is 0 Å². The summed E-state index contributed by atoms with van der Waals surface area (Å²) in [4.78, 5) is 25.4. The highest BCUT2D eigenvalue weighted by Gasteiger charge is 2.45. The predicted molar refractivity (Wildman–Crippen MR) is 78.0 cm³/mol. The summed E-state index contributed by atoms with van der Waals surface area (Å²) in [6.07, 6.45) is 0.0531. The zero-order valence-corrected chi connectivity index (χ0v) is 12.6. The first-order chi connectivity index (χ1) is 9.97. The van der Waals surface area contributed by atoms with E-state index in [1.165, 1.54) is 0 Å². The molecule has 0 saturated carbocycles. The summed E-state index contributed by atoms with van der Waals surface area (Å²) in [5.41, 5.74) is 2.98. The van der Waals surface area contributed by atoms with Gasteiger partial charge in [-0.1, -0.05) is 18.2 Å². The van der Waals surface area contributed by atoms with Crippen molar-refractivity contribution in [3.8, 4) is 0 Å². The number of hydrogen-bond donors (Lipinski definition) is 1. The molecule has 0 spiro atoms. The topological polar surface area (TPSA) is 66.8 Å². The van der Waals surface area contributed by atoms with Gasteiger partial charge in [0.05, 0.1) is 18.6 Å². The highest BCUT2D eigenvalue weighted by Crippen LogP contribution is 2.40. The number of benzene rings is 1. The molecule has 0 radical (unpaired) electrons. The number of carbonyl (C=O) groups excluding carboxylic acids is 1. The second-order valence-electron chi connectivity index (χ2n) is 5.48. The molecule has 1 fully saturated rings. The van der Waals surface area contributed by atoms with Gasteiger partial charge in [0.2, 0.25) is 5.91 Å². The van der Waals surface area contributed by atoms with E-state index in [0.717, 1.165) is 16.7 Å². The van der Waals surface area contributed by atoms with Crippen molar-refractivity contribution >= 4 is 11.9 Å². The number of aryl methyl sites for hydroxylation is 2. The Morgan fingerprint density at radius 2 is 2.00 bits per heavy atom. The first-order valence-electron chi connectivity index (χ1n) is 7.04. The SMILES string of the molecule is COCCN1C(=O)CC(C(=O)O)C1c1c(C)cccc1C. The summed E-state index contributed by atoms with van der Waals surface area (Å²) in [7, 11) is 1.57. The zero-order valence-electron chi connectivity index (χ0n) is 12.6. The fourth-order valence-electron chi connectivity index (χ4n) is 3.12. The molecule has 0 aromatic heterocycles. The van der Waals surface area contributed by atoms with Crippen LogP contribution in [0.5, 0.6) is 0 Å². The Morgan fingerprint density at radius 1 is 1.38 bits per heavy atom. The molecule has 1 heterocycles. The highest BCUT2D eigenvalue weighted by molar-refractivity contribution is 5.87. The van der Waals surface area contributed by atoms with Gasteiger partial charge in [-0.3, -0.25) is 9.59 Å². The van der Waals surface area contributed by atoms with Crippen LogP contribution in [0.1, 0.15) is 29.2 Å². The number of nitrogens with zero attached hydrogens (tertiary/aromatic N) is 1. The minimum absolute atomic E-state index is 0.0531. The molecule has 21 heavy (non-hydrogen) atoms. The van der Waals surface area contributed by atoms with Gasteiger partial charge in [-0.25, -0.2) is 0 Å². The normalized spacial score (nSPS) is 21.9. The minimum atomic E-state index is -0.920. The van der Waals surface area contributed by atoms with Crippen LogP contribution in [-0.2, 0) is 14.3 Å². The smallest absolute Gasteiger partial charge is 0.309 e. The maximum Gasteiger partial charge on any atom is 0.309 e. The highest BCUT2D eigenvalue weighted by atomic mass is 16.5. The second-order valence-corrected chi connectivity index (χ2v) is 5.48. The van der Waals surface area contributed by atoms with Crippen molar-refractivity contribution in [3.05, 3.63) is 34.9 Å². The molecule has 5 heteroatoms. The van der Waals surface area contributed by atoms with E-state index in [2.05, 4.69) is 0 Å². The van der Waals surface area contributed by atoms with Crippen LogP contribution in [0, 0.1) is 19.8 Å². The first kappa shape index (κ1) is 15.5. The Balaban J connectivity index is 2.46. The van der Waals surface area contributed by atoms with Crippen LogP contribution in [0.2, 0.25) is 0 Å². The van der Waals surface area contributed by atoms with Crippen molar-refractivity contribution in [2.75, 3.05) is 20.3 Å². The van der Waals surface area contributed by atoms with Gasteiger partial charge in [-0.05, 0) is 30.5 Å². The molecule has 1 saturated heterocycles. The monoisotopic (exact) mass is 291 g/mol. The molecule has 1 aliphatic rings. The van der Waals surface area contributed by atoms with Crippen LogP contribution in [0.15, 0.2) is 18.2 Å². The number of carboxylic acid groups (broad SMARTS) is 1. The molecule has 1 aromatic rings. The molecule has 2 atom stereocenters. The van der Waals surface area contributed by atoms with Crippen molar-refractivity contribution in [1.29, 1.82) is 0 Å². The number of methoxy groups -OCH3 is 1. The van der Waals surface area contributed by atoms with Gasteiger partial charge < -0.3 is 14.7 Å². The van der Waals surface area contributed by atoms with E-state index in [-0.39, 0.29) is 12.3 Å². The molecule has 1 aliphatic heterocycles. The van der Waals surface area contributed by atoms with Gasteiger partial charge >= 0.3 is 5.97 Å². The Morgan fingerprint density at radius 3 is 2.52 bits per heavy atom. The van der Waals surface area contributed by atoms with E-state index in [1.807, 2.05) is 32.0 Å². The van der Waals surface area contributed by atoms with Crippen LogP contribution in [0.25, 0.3) is 0 Å². The largest absolute Gasteiger partial charge is 0.481 e. The number of rotatable bonds is 5. The summed E-state index contributed by atoms with van der Waals surface area (Å²) in [5.74, 6) is -1.74. The van der Waals surface area contributed by atoms with Gasteiger partial charge in [-0.2, -0.15) is 0 Å². The standard InChI is InChI=1S/C16H21NO4/c1-10-5-4-6-11(2)14(10)15-12(16(19)20)9-13(18)17(15)7-8-21-3/h4-6,12,15H,7-9H2,1-3H3,(H,19,20). The predicted octanol–water partition coefficient (Wildman–Crippen LogP) is 1.92. The van der Waals surface area contributed by atoms with E-state index in [9.17, 15) is 14.7 Å². The third-order valence-electron chi connectivity index (χ3n) is 4.12. The van der Waals surface area contributed by atoms with Gasteiger partial charge in [0, 0.05) is 20.1 Å². The average molecular weight is 291 g/mol. The van der Waals surface area contributed by atoms with Gasteiger partial charge in [0.25, 0.3) is 0 Å². The van der Waals surface area contributed by atoms with Gasteiger partial charge in [0.15, 0.2) is 0 Å². The number of carbonyl (C=O) groups is 2. The number of ether oxygens (including phenoxy) is 1. The fraction of sp³-hybridized carbons (Fsp3) is 0.500. The molecule has 1 N–H and O–H groups in total. The summed E-state index contributed by atoms with van der Waals surface area (Å²) in [6, 6.07) is 5.45. The number of aliphatic carboxylic acids is 1. The zero-order chi connectivity index (χ0) is 15.6. The molecular weight excluding hydrogens is 270 g/mol.